The van der Waals surface area contributed by atoms with E-state index in [4.69, 9.17) is 5.73 Å². The normalized spacial score (nSPS) is 29.4. The Morgan fingerprint density at radius 2 is 2.00 bits per heavy atom. The van der Waals surface area contributed by atoms with Crippen molar-refractivity contribution in [2.45, 2.75) is 43.8 Å². The van der Waals surface area contributed by atoms with Crippen molar-refractivity contribution >= 4 is 0 Å². The van der Waals surface area contributed by atoms with Crippen LogP contribution in [0.1, 0.15) is 32.1 Å². The molecule has 1 unspecified atom stereocenters. The minimum Gasteiger partial charge on any atom is -0.313 e. The van der Waals surface area contributed by atoms with Crippen molar-refractivity contribution in [2.24, 2.45) is 5.73 Å². The molecule has 3 N–H and O–H groups in total. The molecule has 0 amide bonds. The lowest BCUT2D eigenvalue weighted by atomic mass is 9.88. The van der Waals surface area contributed by atoms with Gasteiger partial charge < -0.3 is 5.73 Å². The first kappa shape index (κ1) is 10.7. The van der Waals surface area contributed by atoms with Crippen LogP contribution < -0.4 is 11.1 Å². The van der Waals surface area contributed by atoms with Crippen molar-refractivity contribution in [1.82, 2.24) is 5.32 Å². The summed E-state index contributed by atoms with van der Waals surface area (Å²) in [5, 5.41) is 3.52. The fourth-order valence-corrected chi connectivity index (χ4v) is 2.36. The molecule has 1 fully saturated rings. The van der Waals surface area contributed by atoms with Crippen LogP contribution in [0.5, 0.6) is 0 Å². The van der Waals surface area contributed by atoms with Gasteiger partial charge in [-0.25, -0.2) is 0 Å². The summed E-state index contributed by atoms with van der Waals surface area (Å²) in [5.41, 5.74) is 7.27. The molecule has 15 heavy (non-hydrogen) atoms. The van der Waals surface area contributed by atoms with Crippen LogP contribution in [-0.2, 0) is 0 Å². The summed E-state index contributed by atoms with van der Waals surface area (Å²) in [6, 6.07) is 0.220. The number of allylic oxidation sites excluding steroid dienone is 2. The van der Waals surface area contributed by atoms with E-state index in [2.05, 4.69) is 24.0 Å². The third-order valence-electron chi connectivity index (χ3n) is 3.31. The van der Waals surface area contributed by atoms with Crippen LogP contribution in [0.15, 0.2) is 36.5 Å². The number of nitrogens with two attached hydrogens (primary N) is 1. The summed E-state index contributed by atoms with van der Waals surface area (Å²) < 4.78 is 0. The van der Waals surface area contributed by atoms with Crippen molar-refractivity contribution < 1.29 is 0 Å². The van der Waals surface area contributed by atoms with E-state index in [0.717, 1.165) is 18.4 Å². The third-order valence-corrected chi connectivity index (χ3v) is 3.31. The number of rotatable bonds is 2. The van der Waals surface area contributed by atoms with Gasteiger partial charge in [0.2, 0.25) is 0 Å². The molecule has 2 heteroatoms. The summed E-state index contributed by atoms with van der Waals surface area (Å²) >= 11 is 0. The highest BCUT2D eigenvalue weighted by Crippen LogP contribution is 2.25. The molecule has 0 heterocycles. The van der Waals surface area contributed by atoms with E-state index in [1.54, 1.807) is 0 Å². The van der Waals surface area contributed by atoms with Crippen LogP contribution in [0.4, 0.5) is 0 Å². The van der Waals surface area contributed by atoms with E-state index in [1.165, 1.54) is 19.3 Å². The zero-order valence-electron chi connectivity index (χ0n) is 9.21. The SMILES string of the molecule is C=C1C=CC=CC1NC1(N)CCCCC1. The lowest BCUT2D eigenvalue weighted by Crippen LogP contribution is -2.58. The highest BCUT2D eigenvalue weighted by molar-refractivity contribution is 5.34. The van der Waals surface area contributed by atoms with Crippen molar-refractivity contribution in [3.63, 3.8) is 0 Å². The second-order valence-corrected chi connectivity index (χ2v) is 4.66. The molecular weight excluding hydrogens is 184 g/mol. The second kappa shape index (κ2) is 4.33. The first-order valence-corrected chi connectivity index (χ1v) is 5.80. The minimum atomic E-state index is -0.179. The van der Waals surface area contributed by atoms with Gasteiger partial charge in [0, 0.05) is 0 Å². The minimum absolute atomic E-state index is 0.179. The van der Waals surface area contributed by atoms with Gasteiger partial charge in [0.1, 0.15) is 0 Å². The van der Waals surface area contributed by atoms with E-state index < -0.39 is 0 Å². The van der Waals surface area contributed by atoms with E-state index in [1.807, 2.05) is 12.2 Å². The standard InChI is InChI=1S/C13H20N2/c1-11-7-3-4-8-12(11)15-13(14)9-5-2-6-10-13/h3-4,7-8,12,15H,1-2,5-6,9-10,14H2. The molecule has 82 valence electrons. The van der Waals surface area contributed by atoms with Gasteiger partial charge in [-0.3, -0.25) is 5.32 Å². The number of nitrogens with one attached hydrogen (secondary N) is 1. The Kier molecular flexibility index (Phi) is 3.08. The maximum absolute atomic E-state index is 6.34. The average Bonchev–Trinajstić information content (AvgIpc) is 2.22. The van der Waals surface area contributed by atoms with E-state index in [9.17, 15) is 0 Å². The van der Waals surface area contributed by atoms with Gasteiger partial charge in [0.25, 0.3) is 0 Å². The molecular formula is C13H20N2. The van der Waals surface area contributed by atoms with E-state index >= 15 is 0 Å². The molecule has 0 aromatic heterocycles. The van der Waals surface area contributed by atoms with E-state index in [0.29, 0.717) is 0 Å². The van der Waals surface area contributed by atoms with Gasteiger partial charge in [-0.15, -0.1) is 0 Å². The second-order valence-electron chi connectivity index (χ2n) is 4.66. The first-order valence-electron chi connectivity index (χ1n) is 5.80. The highest BCUT2D eigenvalue weighted by Gasteiger charge is 2.29. The maximum Gasteiger partial charge on any atom is 0.0669 e. The van der Waals surface area contributed by atoms with Crippen LogP contribution in [0.2, 0.25) is 0 Å². The molecule has 0 radical (unpaired) electrons. The van der Waals surface area contributed by atoms with Gasteiger partial charge in [0.05, 0.1) is 11.7 Å². The Morgan fingerprint density at radius 3 is 2.67 bits per heavy atom. The van der Waals surface area contributed by atoms with Crippen LogP contribution in [0.3, 0.4) is 0 Å². The Balaban J connectivity index is 1.98. The summed E-state index contributed by atoms with van der Waals surface area (Å²) in [7, 11) is 0. The van der Waals surface area contributed by atoms with Crippen molar-refractivity contribution in [3.8, 4) is 0 Å². The quantitative estimate of drug-likeness (QED) is 0.677. The first-order chi connectivity index (χ1) is 7.20. The Labute approximate surface area is 91.9 Å². The Morgan fingerprint density at radius 1 is 1.27 bits per heavy atom. The predicted molar refractivity (Wildman–Crippen MR) is 64.3 cm³/mol. The smallest absolute Gasteiger partial charge is 0.0669 e. The summed E-state index contributed by atoms with van der Waals surface area (Å²) in [6.45, 7) is 4.04. The van der Waals surface area contributed by atoms with Crippen molar-refractivity contribution in [2.75, 3.05) is 0 Å². The molecule has 2 aliphatic rings. The van der Waals surface area contributed by atoms with Crippen molar-refractivity contribution in [3.05, 3.63) is 36.5 Å². The fourth-order valence-electron chi connectivity index (χ4n) is 2.36. The lowest BCUT2D eigenvalue weighted by molar-refractivity contribution is 0.233. The van der Waals surface area contributed by atoms with Crippen molar-refractivity contribution in [1.29, 1.82) is 0 Å². The molecule has 2 nitrogen and oxygen atoms in total. The largest absolute Gasteiger partial charge is 0.313 e. The molecule has 0 spiro atoms. The van der Waals surface area contributed by atoms with Crippen LogP contribution in [-0.4, -0.2) is 11.7 Å². The lowest BCUT2D eigenvalue weighted by Gasteiger charge is -2.37. The van der Waals surface area contributed by atoms with Gasteiger partial charge >= 0.3 is 0 Å². The van der Waals surface area contributed by atoms with Gasteiger partial charge in [-0.05, 0) is 18.4 Å². The predicted octanol–water partition coefficient (Wildman–Crippen LogP) is 2.25. The third kappa shape index (κ3) is 2.58. The van der Waals surface area contributed by atoms with Gasteiger partial charge in [-0.1, -0.05) is 50.1 Å². The summed E-state index contributed by atoms with van der Waals surface area (Å²) in [5.74, 6) is 0. The fraction of sp³-hybridized carbons (Fsp3) is 0.538. The molecule has 0 saturated heterocycles. The molecule has 0 aromatic rings. The van der Waals surface area contributed by atoms with Gasteiger partial charge in [0.15, 0.2) is 0 Å². The zero-order chi connectivity index (χ0) is 10.7. The molecule has 1 atom stereocenters. The molecule has 0 aliphatic heterocycles. The average molecular weight is 204 g/mol. The number of hydrogen-bond donors (Lipinski definition) is 2. The topological polar surface area (TPSA) is 38.0 Å². The van der Waals surface area contributed by atoms with Crippen LogP contribution in [0.25, 0.3) is 0 Å². The summed E-state index contributed by atoms with van der Waals surface area (Å²) in [6.07, 6.45) is 14.2. The Hall–Kier alpha value is -0.860. The zero-order valence-corrected chi connectivity index (χ0v) is 9.21. The molecule has 0 aromatic carbocycles. The van der Waals surface area contributed by atoms with Crippen LogP contribution in [0, 0.1) is 0 Å². The molecule has 2 rings (SSSR count). The monoisotopic (exact) mass is 204 g/mol. The summed E-state index contributed by atoms with van der Waals surface area (Å²) in [4.78, 5) is 0. The van der Waals surface area contributed by atoms with E-state index in [-0.39, 0.29) is 11.7 Å². The maximum atomic E-state index is 6.34. The highest BCUT2D eigenvalue weighted by atomic mass is 15.1. The number of hydrogen-bond acceptors (Lipinski definition) is 2. The van der Waals surface area contributed by atoms with Gasteiger partial charge in [-0.2, -0.15) is 0 Å². The molecule has 0 bridgehead atoms. The molecule has 1 saturated carbocycles. The Bertz CT molecular complexity index is 296. The van der Waals surface area contributed by atoms with Crippen LogP contribution >= 0.6 is 0 Å². The molecule has 2 aliphatic carbocycles.